The van der Waals surface area contributed by atoms with Gasteiger partial charge in [0.1, 0.15) is 0 Å². The van der Waals surface area contributed by atoms with Crippen LogP contribution < -0.4 is 0 Å². The van der Waals surface area contributed by atoms with Gasteiger partial charge in [-0.15, -0.1) is 0 Å². The van der Waals surface area contributed by atoms with Gasteiger partial charge in [-0.25, -0.2) is 0 Å². The zero-order valence-electron chi connectivity index (χ0n) is 7.18. The first-order valence-corrected chi connectivity index (χ1v) is 6.69. The van der Waals surface area contributed by atoms with Crippen LogP contribution in [0.15, 0.2) is 12.1 Å². The molecule has 0 aliphatic rings. The Morgan fingerprint density at radius 2 is 0.875 bits per heavy atom. The first-order valence-electron chi connectivity index (χ1n) is 3.67. The molecule has 0 amide bonds. The van der Waals surface area contributed by atoms with Crippen molar-refractivity contribution in [1.29, 1.82) is 0 Å². The van der Waals surface area contributed by atoms with Crippen molar-refractivity contribution in [3.8, 4) is 0 Å². The summed E-state index contributed by atoms with van der Waals surface area (Å²) in [5.41, 5.74) is 0.346. The lowest BCUT2D eigenvalue weighted by molar-refractivity contribution is 1.11. The number of halogens is 8. The van der Waals surface area contributed by atoms with Gasteiger partial charge in [-0.05, 0) is 12.1 Å². The van der Waals surface area contributed by atoms with Gasteiger partial charge in [0.15, 0.2) is 0 Å². The lowest BCUT2D eigenvalue weighted by Crippen LogP contribution is -2.12. The molecular formula is C8H2Cl8. The maximum absolute atomic E-state index is 5.80. The summed E-state index contributed by atoms with van der Waals surface area (Å²) >= 11 is 46.1. The Kier molecular flexibility index (Phi) is 5.13. The Morgan fingerprint density at radius 1 is 0.625 bits per heavy atom. The molecule has 0 saturated heterocycles. The van der Waals surface area contributed by atoms with Gasteiger partial charge in [-0.2, -0.15) is 0 Å². The van der Waals surface area contributed by atoms with Gasteiger partial charge < -0.3 is 0 Å². The number of rotatable bonds is 0. The van der Waals surface area contributed by atoms with E-state index >= 15 is 0 Å². The number of hydrogen-bond acceptors (Lipinski definition) is 0. The summed E-state index contributed by atoms with van der Waals surface area (Å²) in [6.07, 6.45) is 0. The Balaban J connectivity index is 3.53. The van der Waals surface area contributed by atoms with Crippen molar-refractivity contribution < 1.29 is 0 Å². The zero-order valence-corrected chi connectivity index (χ0v) is 13.2. The van der Waals surface area contributed by atoms with Crippen LogP contribution in [-0.4, -0.2) is 0 Å². The van der Waals surface area contributed by atoms with Crippen LogP contribution in [0, 0.1) is 0 Å². The van der Waals surface area contributed by atoms with E-state index in [4.69, 9.17) is 92.8 Å². The van der Waals surface area contributed by atoms with Crippen molar-refractivity contribution in [2.24, 2.45) is 0 Å². The maximum Gasteiger partial charge on any atom is 0.216 e. The molecule has 0 aliphatic heterocycles. The molecule has 8 heteroatoms. The molecule has 0 spiro atoms. The summed E-state index contributed by atoms with van der Waals surface area (Å²) in [6, 6.07) is 2.71. The summed E-state index contributed by atoms with van der Waals surface area (Å²) in [5.74, 6) is 0. The van der Waals surface area contributed by atoms with Crippen LogP contribution in [0.1, 0.15) is 11.1 Å². The summed E-state index contributed by atoms with van der Waals surface area (Å²) in [4.78, 5) is 0. The third-order valence-electron chi connectivity index (χ3n) is 1.67. The van der Waals surface area contributed by atoms with Crippen molar-refractivity contribution in [2.75, 3.05) is 0 Å². The fourth-order valence-corrected chi connectivity index (χ4v) is 2.28. The van der Waals surface area contributed by atoms with E-state index in [1.165, 1.54) is 12.1 Å². The Bertz CT molecular complexity index is 361. The van der Waals surface area contributed by atoms with Crippen LogP contribution in [0.2, 0.25) is 10.0 Å². The van der Waals surface area contributed by atoms with Gasteiger partial charge in [-0.3, -0.25) is 0 Å². The fraction of sp³-hybridized carbons (Fsp3) is 0.250. The molecule has 0 bridgehead atoms. The van der Waals surface area contributed by atoms with Crippen molar-refractivity contribution in [2.45, 2.75) is 7.59 Å². The van der Waals surface area contributed by atoms with E-state index in [9.17, 15) is 0 Å². The summed E-state index contributed by atoms with van der Waals surface area (Å²) < 4.78 is -3.51. The first-order chi connectivity index (χ1) is 7.03. The van der Waals surface area contributed by atoms with E-state index in [2.05, 4.69) is 0 Å². The van der Waals surface area contributed by atoms with Crippen molar-refractivity contribution in [3.63, 3.8) is 0 Å². The highest BCUT2D eigenvalue weighted by atomic mass is 35.6. The molecule has 0 heterocycles. The minimum absolute atomic E-state index is 0.173. The van der Waals surface area contributed by atoms with Crippen LogP contribution in [-0.2, 0) is 7.59 Å². The van der Waals surface area contributed by atoms with E-state index in [0.717, 1.165) is 0 Å². The molecule has 0 saturated carbocycles. The third-order valence-corrected chi connectivity index (χ3v) is 3.61. The average molecular weight is 382 g/mol. The normalized spacial score (nSPS) is 13.0. The second-order valence-electron chi connectivity index (χ2n) is 2.81. The van der Waals surface area contributed by atoms with Gasteiger partial charge in [0.25, 0.3) is 0 Å². The largest absolute Gasteiger partial charge is 0.216 e. The molecule has 0 N–H and O–H groups in total. The standard InChI is InChI=1S/C8H2Cl8/c9-5-1-3(7(11,12)13)4(2-6(5)10)8(14,15)16/h1-2H. The van der Waals surface area contributed by atoms with Crippen molar-refractivity contribution >= 4 is 92.8 Å². The molecule has 16 heavy (non-hydrogen) atoms. The highest BCUT2D eigenvalue weighted by Crippen LogP contribution is 2.49. The lowest BCUT2D eigenvalue weighted by Gasteiger charge is -2.22. The third kappa shape index (κ3) is 3.76. The molecule has 1 rings (SSSR count). The monoisotopic (exact) mass is 378 g/mol. The second-order valence-corrected chi connectivity index (χ2v) is 8.18. The van der Waals surface area contributed by atoms with Crippen LogP contribution in [0.25, 0.3) is 0 Å². The molecular weight excluding hydrogens is 380 g/mol. The predicted molar refractivity (Wildman–Crippen MR) is 74.9 cm³/mol. The summed E-state index contributed by atoms with van der Waals surface area (Å²) in [7, 11) is 0. The van der Waals surface area contributed by atoms with E-state index in [-0.39, 0.29) is 21.2 Å². The molecule has 0 nitrogen and oxygen atoms in total. The Morgan fingerprint density at radius 3 is 1.06 bits per heavy atom. The number of hydrogen-bond donors (Lipinski definition) is 0. The minimum atomic E-state index is -1.76. The van der Waals surface area contributed by atoms with Crippen molar-refractivity contribution in [3.05, 3.63) is 33.3 Å². The SMILES string of the molecule is Clc1cc(C(Cl)(Cl)Cl)c(C(Cl)(Cl)Cl)cc1Cl. The lowest BCUT2D eigenvalue weighted by atomic mass is 10.1. The zero-order chi connectivity index (χ0) is 12.7. The fourth-order valence-electron chi connectivity index (χ4n) is 1.02. The predicted octanol–water partition coefficient (Wildman–Crippen LogP) is 6.65. The average Bonchev–Trinajstić information content (AvgIpc) is 2.05. The van der Waals surface area contributed by atoms with Crippen LogP contribution in [0.3, 0.4) is 0 Å². The number of alkyl halides is 6. The van der Waals surface area contributed by atoms with E-state index < -0.39 is 7.59 Å². The molecule has 0 aliphatic carbocycles. The molecule has 1 aromatic rings. The van der Waals surface area contributed by atoms with Gasteiger partial charge in [0.05, 0.1) is 10.0 Å². The van der Waals surface area contributed by atoms with Crippen LogP contribution in [0.5, 0.6) is 0 Å². The Labute approximate surface area is 133 Å². The van der Waals surface area contributed by atoms with Gasteiger partial charge >= 0.3 is 0 Å². The molecule has 0 radical (unpaired) electrons. The molecule has 0 unspecified atom stereocenters. The molecule has 0 aromatic heterocycles. The summed E-state index contributed by atoms with van der Waals surface area (Å²) in [6.45, 7) is 0. The smallest absolute Gasteiger partial charge is 0.0827 e. The van der Waals surface area contributed by atoms with E-state index in [1.54, 1.807) is 0 Å². The van der Waals surface area contributed by atoms with Crippen molar-refractivity contribution in [1.82, 2.24) is 0 Å². The molecule has 1 aromatic carbocycles. The second kappa shape index (κ2) is 5.27. The molecule has 90 valence electrons. The van der Waals surface area contributed by atoms with Gasteiger partial charge in [0, 0.05) is 11.1 Å². The molecule has 0 fully saturated rings. The highest BCUT2D eigenvalue weighted by molar-refractivity contribution is 6.69. The maximum atomic E-state index is 5.80. The number of benzene rings is 1. The van der Waals surface area contributed by atoms with Crippen LogP contribution in [0.4, 0.5) is 0 Å². The van der Waals surface area contributed by atoms with Gasteiger partial charge in [0.2, 0.25) is 7.59 Å². The van der Waals surface area contributed by atoms with E-state index in [0.29, 0.717) is 0 Å². The summed E-state index contributed by atoms with van der Waals surface area (Å²) in [5, 5.41) is 0.419. The Hall–Kier alpha value is 1.54. The topological polar surface area (TPSA) is 0 Å². The van der Waals surface area contributed by atoms with Gasteiger partial charge in [-0.1, -0.05) is 92.8 Å². The quantitative estimate of drug-likeness (QED) is 0.441. The highest BCUT2D eigenvalue weighted by Gasteiger charge is 2.35. The minimum Gasteiger partial charge on any atom is -0.0827 e. The first kappa shape index (κ1) is 15.6. The van der Waals surface area contributed by atoms with Crippen LogP contribution >= 0.6 is 92.8 Å². The molecule has 0 atom stereocenters. The van der Waals surface area contributed by atoms with E-state index in [1.807, 2.05) is 0 Å².